The number of nitrogens with zero attached hydrogens (tertiary/aromatic N) is 2. The normalized spacial score (nSPS) is 16.8. The SMILES string of the molecule is CCNC(=NCC1CC(=O)N(CCc2ccccc2)C1)NCCCOC(C)C.I. The monoisotopic (exact) mass is 516 g/mol. The van der Waals surface area contributed by atoms with E-state index >= 15 is 0 Å². The molecule has 2 rings (SSSR count). The van der Waals surface area contributed by atoms with E-state index in [2.05, 4.69) is 29.7 Å². The Kier molecular flexibility index (Phi) is 12.9. The predicted octanol–water partition coefficient (Wildman–Crippen LogP) is 3.07. The van der Waals surface area contributed by atoms with Crippen LogP contribution in [-0.4, -0.2) is 62.2 Å². The molecule has 0 saturated carbocycles. The molecule has 1 aliphatic rings. The zero-order chi connectivity index (χ0) is 20.2. The molecule has 29 heavy (non-hydrogen) atoms. The molecule has 0 aromatic heterocycles. The summed E-state index contributed by atoms with van der Waals surface area (Å²) < 4.78 is 5.56. The van der Waals surface area contributed by atoms with E-state index in [1.807, 2.05) is 36.9 Å². The van der Waals surface area contributed by atoms with Crippen molar-refractivity contribution >= 4 is 35.8 Å². The average Bonchev–Trinajstić information content (AvgIpc) is 3.04. The summed E-state index contributed by atoms with van der Waals surface area (Å²) in [6.45, 7) is 10.8. The van der Waals surface area contributed by atoms with Crippen LogP contribution in [0.3, 0.4) is 0 Å². The van der Waals surface area contributed by atoms with Gasteiger partial charge in [-0.25, -0.2) is 0 Å². The number of hydrogen-bond donors (Lipinski definition) is 2. The van der Waals surface area contributed by atoms with Gasteiger partial charge in [0.1, 0.15) is 0 Å². The first-order chi connectivity index (χ1) is 13.6. The number of aliphatic imine (C=N–C) groups is 1. The van der Waals surface area contributed by atoms with E-state index in [0.717, 1.165) is 51.6 Å². The van der Waals surface area contributed by atoms with Gasteiger partial charge in [-0.15, -0.1) is 24.0 Å². The Morgan fingerprint density at radius 1 is 1.28 bits per heavy atom. The molecule has 2 N–H and O–H groups in total. The third-order valence-corrected chi connectivity index (χ3v) is 4.72. The number of nitrogens with one attached hydrogen (secondary N) is 2. The van der Waals surface area contributed by atoms with Crippen LogP contribution in [0.4, 0.5) is 0 Å². The summed E-state index contributed by atoms with van der Waals surface area (Å²) in [5, 5.41) is 6.62. The van der Waals surface area contributed by atoms with Crippen molar-refractivity contribution in [1.29, 1.82) is 0 Å². The lowest BCUT2D eigenvalue weighted by Gasteiger charge is -2.16. The molecule has 1 heterocycles. The van der Waals surface area contributed by atoms with Crippen molar-refractivity contribution in [2.75, 3.05) is 39.3 Å². The van der Waals surface area contributed by atoms with Gasteiger partial charge in [-0.1, -0.05) is 30.3 Å². The molecule has 1 atom stereocenters. The topological polar surface area (TPSA) is 66.0 Å². The average molecular weight is 516 g/mol. The lowest BCUT2D eigenvalue weighted by atomic mass is 10.1. The van der Waals surface area contributed by atoms with Crippen molar-refractivity contribution in [3.63, 3.8) is 0 Å². The minimum Gasteiger partial charge on any atom is -0.379 e. The predicted molar refractivity (Wildman–Crippen MR) is 130 cm³/mol. The quantitative estimate of drug-likeness (QED) is 0.206. The maximum atomic E-state index is 12.3. The molecule has 1 aromatic carbocycles. The zero-order valence-corrected chi connectivity index (χ0v) is 20.4. The van der Waals surface area contributed by atoms with E-state index in [0.29, 0.717) is 18.9 Å². The van der Waals surface area contributed by atoms with Gasteiger partial charge in [0, 0.05) is 51.7 Å². The molecule has 0 aliphatic carbocycles. The van der Waals surface area contributed by atoms with E-state index in [9.17, 15) is 4.79 Å². The van der Waals surface area contributed by atoms with Gasteiger partial charge in [0.15, 0.2) is 5.96 Å². The van der Waals surface area contributed by atoms with Gasteiger partial charge in [-0.05, 0) is 39.2 Å². The second-order valence-corrected chi connectivity index (χ2v) is 7.57. The molecule has 0 bridgehead atoms. The fourth-order valence-corrected chi connectivity index (χ4v) is 3.26. The van der Waals surface area contributed by atoms with Crippen LogP contribution in [0.15, 0.2) is 35.3 Å². The van der Waals surface area contributed by atoms with Crippen LogP contribution in [0.25, 0.3) is 0 Å². The molecule has 1 saturated heterocycles. The summed E-state index contributed by atoms with van der Waals surface area (Å²) in [5.74, 6) is 1.37. The van der Waals surface area contributed by atoms with Gasteiger partial charge in [0.2, 0.25) is 5.91 Å². The van der Waals surface area contributed by atoms with Crippen molar-refractivity contribution in [2.24, 2.45) is 10.9 Å². The number of hydrogen-bond acceptors (Lipinski definition) is 3. The highest BCUT2D eigenvalue weighted by molar-refractivity contribution is 14.0. The first kappa shape index (κ1) is 25.7. The van der Waals surface area contributed by atoms with Gasteiger partial charge in [0.25, 0.3) is 0 Å². The summed E-state index contributed by atoms with van der Waals surface area (Å²) in [7, 11) is 0. The first-order valence-corrected chi connectivity index (χ1v) is 10.5. The number of carbonyl (C=O) groups is 1. The molecular formula is C22H37IN4O2. The van der Waals surface area contributed by atoms with E-state index < -0.39 is 0 Å². The molecule has 6 nitrogen and oxygen atoms in total. The van der Waals surface area contributed by atoms with Crippen molar-refractivity contribution in [1.82, 2.24) is 15.5 Å². The summed E-state index contributed by atoms with van der Waals surface area (Å²) in [6, 6.07) is 10.3. The Balaban J connectivity index is 0.00000420. The lowest BCUT2D eigenvalue weighted by molar-refractivity contribution is -0.127. The molecule has 7 heteroatoms. The molecule has 1 aliphatic heterocycles. The Morgan fingerprint density at radius 2 is 2.03 bits per heavy atom. The number of carbonyl (C=O) groups excluding carboxylic acids is 1. The number of rotatable bonds is 11. The number of amides is 1. The van der Waals surface area contributed by atoms with E-state index in [-0.39, 0.29) is 36.0 Å². The van der Waals surface area contributed by atoms with E-state index in [1.54, 1.807) is 0 Å². The highest BCUT2D eigenvalue weighted by atomic mass is 127. The molecular weight excluding hydrogens is 479 g/mol. The minimum absolute atomic E-state index is 0. The number of halogens is 1. The van der Waals surface area contributed by atoms with Crippen LogP contribution in [-0.2, 0) is 16.0 Å². The summed E-state index contributed by atoms with van der Waals surface area (Å²) >= 11 is 0. The number of guanidine groups is 1. The van der Waals surface area contributed by atoms with Crippen molar-refractivity contribution < 1.29 is 9.53 Å². The van der Waals surface area contributed by atoms with Crippen LogP contribution >= 0.6 is 24.0 Å². The number of likely N-dealkylation sites (tertiary alicyclic amines) is 1. The third-order valence-electron chi connectivity index (χ3n) is 4.72. The maximum Gasteiger partial charge on any atom is 0.223 e. The number of ether oxygens (including phenoxy) is 1. The molecule has 1 unspecified atom stereocenters. The first-order valence-electron chi connectivity index (χ1n) is 10.5. The zero-order valence-electron chi connectivity index (χ0n) is 18.0. The Labute approximate surface area is 192 Å². The van der Waals surface area contributed by atoms with Crippen molar-refractivity contribution in [3.8, 4) is 0 Å². The fourth-order valence-electron chi connectivity index (χ4n) is 3.26. The molecule has 0 spiro atoms. The molecule has 1 fully saturated rings. The highest BCUT2D eigenvalue weighted by Gasteiger charge is 2.28. The highest BCUT2D eigenvalue weighted by Crippen LogP contribution is 2.18. The fraction of sp³-hybridized carbons (Fsp3) is 0.636. The van der Waals surface area contributed by atoms with Gasteiger partial charge in [-0.3, -0.25) is 9.79 Å². The van der Waals surface area contributed by atoms with Crippen molar-refractivity contribution in [2.45, 2.75) is 46.1 Å². The smallest absolute Gasteiger partial charge is 0.223 e. The summed E-state index contributed by atoms with van der Waals surface area (Å²) in [5.41, 5.74) is 1.27. The van der Waals surface area contributed by atoms with E-state index in [4.69, 9.17) is 9.73 Å². The van der Waals surface area contributed by atoms with Crippen molar-refractivity contribution in [3.05, 3.63) is 35.9 Å². The lowest BCUT2D eigenvalue weighted by Crippen LogP contribution is -2.38. The van der Waals surface area contributed by atoms with Gasteiger partial charge in [-0.2, -0.15) is 0 Å². The van der Waals surface area contributed by atoms with Gasteiger partial charge >= 0.3 is 0 Å². The Bertz CT molecular complexity index is 610. The minimum atomic E-state index is 0. The second-order valence-electron chi connectivity index (χ2n) is 7.57. The second kappa shape index (κ2) is 14.6. The Morgan fingerprint density at radius 3 is 2.72 bits per heavy atom. The molecule has 0 radical (unpaired) electrons. The number of benzene rings is 1. The van der Waals surface area contributed by atoms with Crippen LogP contribution in [0.5, 0.6) is 0 Å². The van der Waals surface area contributed by atoms with E-state index in [1.165, 1.54) is 5.56 Å². The molecule has 1 amide bonds. The van der Waals surface area contributed by atoms with Crippen LogP contribution < -0.4 is 10.6 Å². The molecule has 1 aromatic rings. The van der Waals surface area contributed by atoms with Gasteiger partial charge in [0.05, 0.1) is 6.10 Å². The molecule has 164 valence electrons. The largest absolute Gasteiger partial charge is 0.379 e. The summed E-state index contributed by atoms with van der Waals surface area (Å²) in [6.07, 6.45) is 2.72. The van der Waals surface area contributed by atoms with Crippen LogP contribution in [0.2, 0.25) is 0 Å². The van der Waals surface area contributed by atoms with Gasteiger partial charge < -0.3 is 20.3 Å². The maximum absolute atomic E-state index is 12.3. The van der Waals surface area contributed by atoms with Crippen LogP contribution in [0.1, 0.15) is 39.2 Å². The summed E-state index contributed by atoms with van der Waals surface area (Å²) in [4.78, 5) is 19.0. The standard InChI is InChI=1S/C22H36N4O2.HI/c1-4-23-22(24-12-8-14-28-18(2)3)25-16-20-15-21(27)26(17-20)13-11-19-9-6-5-7-10-19;/h5-7,9-10,18,20H,4,8,11-17H2,1-3H3,(H2,23,24,25);1H. The van der Waals surface area contributed by atoms with Crippen LogP contribution in [0, 0.1) is 5.92 Å². The Hall–Kier alpha value is -1.35. The third kappa shape index (κ3) is 10.3.